The van der Waals surface area contributed by atoms with Crippen LogP contribution in [-0.2, 0) is 0 Å². The van der Waals surface area contributed by atoms with Crippen LogP contribution in [0, 0.1) is 19.7 Å². The van der Waals surface area contributed by atoms with E-state index >= 15 is 0 Å². The number of rotatable bonds is 1. The second-order valence-electron chi connectivity index (χ2n) is 1.93. The molecule has 0 fully saturated rings. The zero-order valence-electron chi connectivity index (χ0n) is 5.57. The van der Waals surface area contributed by atoms with Crippen LogP contribution in [0.2, 0.25) is 0 Å². The van der Waals surface area contributed by atoms with Crippen molar-refractivity contribution in [1.29, 1.82) is 0 Å². The van der Waals surface area contributed by atoms with Crippen LogP contribution in [0.3, 0.4) is 0 Å². The molecular formula is C6H6FIOS. The summed E-state index contributed by atoms with van der Waals surface area (Å²) in [6.45, 7) is 3.58. The van der Waals surface area contributed by atoms with Crippen molar-refractivity contribution in [2.75, 3.05) is 0 Å². The first kappa shape index (κ1) is 8.26. The van der Waals surface area contributed by atoms with E-state index in [9.17, 15) is 4.39 Å². The van der Waals surface area contributed by atoms with E-state index in [0.717, 1.165) is 4.88 Å². The fourth-order valence-corrected chi connectivity index (χ4v) is 2.26. The average molecular weight is 272 g/mol. The SMILES string of the molecule is Cc1sc(C)c(OI)c1F. The van der Waals surface area contributed by atoms with Crippen LogP contribution in [0.15, 0.2) is 0 Å². The highest BCUT2D eigenvalue weighted by molar-refractivity contribution is 14.1. The van der Waals surface area contributed by atoms with Gasteiger partial charge in [-0.25, -0.2) is 4.39 Å². The molecule has 0 amide bonds. The Kier molecular flexibility index (Phi) is 2.51. The summed E-state index contributed by atoms with van der Waals surface area (Å²) in [7, 11) is 0. The molecule has 0 aromatic carbocycles. The van der Waals surface area contributed by atoms with Gasteiger partial charge in [0.2, 0.25) is 0 Å². The van der Waals surface area contributed by atoms with Crippen molar-refractivity contribution in [2.24, 2.45) is 0 Å². The van der Waals surface area contributed by atoms with Gasteiger partial charge in [-0.1, -0.05) is 0 Å². The molecule has 0 saturated carbocycles. The lowest BCUT2D eigenvalue weighted by molar-refractivity contribution is 0.566. The summed E-state index contributed by atoms with van der Waals surface area (Å²) in [6.07, 6.45) is 0. The maximum Gasteiger partial charge on any atom is 0.192 e. The minimum Gasteiger partial charge on any atom is -0.423 e. The quantitative estimate of drug-likeness (QED) is 0.713. The second-order valence-corrected chi connectivity index (χ2v) is 3.80. The predicted molar refractivity (Wildman–Crippen MR) is 48.4 cm³/mol. The summed E-state index contributed by atoms with van der Waals surface area (Å²) < 4.78 is 17.7. The van der Waals surface area contributed by atoms with Crippen molar-refractivity contribution < 1.29 is 7.46 Å². The largest absolute Gasteiger partial charge is 0.423 e. The van der Waals surface area contributed by atoms with Crippen LogP contribution < -0.4 is 3.07 Å². The third-order valence-corrected chi connectivity index (χ3v) is 2.63. The summed E-state index contributed by atoms with van der Waals surface area (Å²) in [5, 5.41) is 0. The maximum atomic E-state index is 12.9. The van der Waals surface area contributed by atoms with Gasteiger partial charge in [-0.15, -0.1) is 11.3 Å². The molecule has 4 heteroatoms. The van der Waals surface area contributed by atoms with Gasteiger partial charge >= 0.3 is 0 Å². The van der Waals surface area contributed by atoms with Crippen molar-refractivity contribution in [1.82, 2.24) is 0 Å². The molecule has 10 heavy (non-hydrogen) atoms. The Bertz CT molecular complexity index is 246. The van der Waals surface area contributed by atoms with Gasteiger partial charge in [-0.3, -0.25) is 0 Å². The highest BCUT2D eigenvalue weighted by Crippen LogP contribution is 2.33. The van der Waals surface area contributed by atoms with Gasteiger partial charge in [-0.2, -0.15) is 0 Å². The summed E-state index contributed by atoms with van der Waals surface area (Å²) >= 11 is 3.10. The number of hydrogen-bond donors (Lipinski definition) is 0. The molecule has 0 radical (unpaired) electrons. The molecule has 0 saturated heterocycles. The third-order valence-electron chi connectivity index (χ3n) is 1.21. The Morgan fingerprint density at radius 1 is 1.40 bits per heavy atom. The number of halogens is 2. The molecule has 0 unspecified atom stereocenters. The van der Waals surface area contributed by atoms with Crippen molar-refractivity contribution in [3.8, 4) is 5.75 Å². The normalized spacial score (nSPS) is 10.0. The number of hydrogen-bond acceptors (Lipinski definition) is 2. The summed E-state index contributed by atoms with van der Waals surface area (Å²) in [5.74, 6) is 0.153. The summed E-state index contributed by atoms with van der Waals surface area (Å²) in [4.78, 5) is 1.58. The van der Waals surface area contributed by atoms with Crippen LogP contribution >= 0.6 is 34.3 Å². The monoisotopic (exact) mass is 272 g/mol. The van der Waals surface area contributed by atoms with Crippen molar-refractivity contribution >= 4 is 34.3 Å². The van der Waals surface area contributed by atoms with Gasteiger partial charge in [0.1, 0.15) is 0 Å². The van der Waals surface area contributed by atoms with E-state index < -0.39 is 0 Å². The molecule has 0 N–H and O–H groups in total. The lowest BCUT2D eigenvalue weighted by atomic mass is 10.4. The van der Waals surface area contributed by atoms with E-state index in [1.807, 2.05) is 6.92 Å². The summed E-state index contributed by atoms with van der Waals surface area (Å²) in [6, 6.07) is 0. The fraction of sp³-hybridized carbons (Fsp3) is 0.333. The van der Waals surface area contributed by atoms with Crippen molar-refractivity contribution in [2.45, 2.75) is 13.8 Å². The Morgan fingerprint density at radius 3 is 2.20 bits per heavy atom. The fourth-order valence-electron chi connectivity index (χ4n) is 0.723. The molecule has 0 spiro atoms. The van der Waals surface area contributed by atoms with Crippen LogP contribution in [0.4, 0.5) is 4.39 Å². The molecule has 0 bridgehead atoms. The van der Waals surface area contributed by atoms with Gasteiger partial charge in [-0.05, 0) is 13.8 Å². The summed E-state index contributed by atoms with van der Waals surface area (Å²) in [5.41, 5.74) is 0. The highest BCUT2D eigenvalue weighted by Gasteiger charge is 2.12. The van der Waals surface area contributed by atoms with Gasteiger partial charge in [0, 0.05) is 9.75 Å². The standard InChI is InChI=1S/C6H6FIOS/c1-3-5(7)6(9-8)4(2)10-3/h1-2H3. The molecule has 56 valence electrons. The van der Waals surface area contributed by atoms with E-state index in [0.29, 0.717) is 10.6 Å². The smallest absolute Gasteiger partial charge is 0.192 e. The lowest BCUT2D eigenvalue weighted by Gasteiger charge is -1.92. The van der Waals surface area contributed by atoms with E-state index in [-0.39, 0.29) is 5.82 Å². The molecule has 1 heterocycles. The van der Waals surface area contributed by atoms with Gasteiger partial charge in [0.25, 0.3) is 0 Å². The third kappa shape index (κ3) is 1.27. The Morgan fingerprint density at radius 2 is 2.00 bits per heavy atom. The lowest BCUT2D eigenvalue weighted by Crippen LogP contribution is -1.77. The maximum absolute atomic E-state index is 12.9. The Labute approximate surface area is 76.9 Å². The molecule has 1 aromatic heterocycles. The first-order chi connectivity index (χ1) is 4.66. The second kappa shape index (κ2) is 3.04. The van der Waals surface area contributed by atoms with E-state index in [1.165, 1.54) is 11.3 Å². The molecule has 0 aliphatic heterocycles. The first-order valence-electron chi connectivity index (χ1n) is 2.71. The number of aryl methyl sites for hydroxylation is 2. The Balaban J connectivity index is 3.20. The van der Waals surface area contributed by atoms with Gasteiger partial charge < -0.3 is 3.07 Å². The van der Waals surface area contributed by atoms with Crippen molar-refractivity contribution in [3.05, 3.63) is 15.6 Å². The van der Waals surface area contributed by atoms with Crippen LogP contribution in [0.5, 0.6) is 5.75 Å². The van der Waals surface area contributed by atoms with Crippen LogP contribution in [-0.4, -0.2) is 0 Å². The number of thiophene rings is 1. The molecule has 0 aliphatic rings. The van der Waals surface area contributed by atoms with E-state index in [1.54, 1.807) is 29.9 Å². The molecule has 0 atom stereocenters. The zero-order valence-corrected chi connectivity index (χ0v) is 8.55. The topological polar surface area (TPSA) is 9.23 Å². The minimum atomic E-state index is -0.225. The average Bonchev–Trinajstić information content (AvgIpc) is 2.09. The minimum absolute atomic E-state index is 0.225. The van der Waals surface area contributed by atoms with Crippen molar-refractivity contribution in [3.63, 3.8) is 0 Å². The Hall–Kier alpha value is 0.160. The molecule has 0 aliphatic carbocycles. The molecule has 1 nitrogen and oxygen atoms in total. The molecule has 1 aromatic rings. The molecular weight excluding hydrogens is 266 g/mol. The van der Waals surface area contributed by atoms with Gasteiger partial charge in [0.15, 0.2) is 34.6 Å². The predicted octanol–water partition coefficient (Wildman–Crippen LogP) is 3.23. The molecule has 1 rings (SSSR count). The first-order valence-corrected chi connectivity index (χ1v) is 4.40. The van der Waals surface area contributed by atoms with Crippen LogP contribution in [0.1, 0.15) is 9.75 Å². The van der Waals surface area contributed by atoms with Crippen LogP contribution in [0.25, 0.3) is 0 Å². The van der Waals surface area contributed by atoms with E-state index in [4.69, 9.17) is 3.07 Å². The zero-order chi connectivity index (χ0) is 7.72. The highest BCUT2D eigenvalue weighted by atomic mass is 127. The van der Waals surface area contributed by atoms with E-state index in [2.05, 4.69) is 0 Å². The van der Waals surface area contributed by atoms with Gasteiger partial charge in [0.05, 0.1) is 0 Å².